The number of H-pyrrole nitrogens is 1. The third-order valence-corrected chi connectivity index (χ3v) is 12.2. The number of rotatable bonds is 22. The van der Waals surface area contributed by atoms with Gasteiger partial charge in [0.25, 0.3) is 0 Å². The van der Waals surface area contributed by atoms with Gasteiger partial charge in [-0.05, 0) is 130 Å². The van der Waals surface area contributed by atoms with Gasteiger partial charge >= 0.3 is 5.97 Å². The Labute approximate surface area is 317 Å². The summed E-state index contributed by atoms with van der Waals surface area (Å²) in [5.41, 5.74) is 9.62. The fourth-order valence-corrected chi connectivity index (χ4v) is 9.16. The van der Waals surface area contributed by atoms with Gasteiger partial charge in [0.1, 0.15) is 5.82 Å². The summed E-state index contributed by atoms with van der Waals surface area (Å²) in [6.07, 6.45) is 19.7. The van der Waals surface area contributed by atoms with Crippen LogP contribution in [0.4, 0.5) is 5.82 Å². The Morgan fingerprint density at radius 1 is 0.925 bits per heavy atom. The lowest BCUT2D eigenvalue weighted by Gasteiger charge is -2.32. The van der Waals surface area contributed by atoms with E-state index in [1.54, 1.807) is 6.20 Å². The molecule has 2 aliphatic carbocycles. The van der Waals surface area contributed by atoms with Crippen LogP contribution in [0.2, 0.25) is 0 Å². The van der Waals surface area contributed by atoms with Crippen molar-refractivity contribution in [3.8, 4) is 0 Å². The van der Waals surface area contributed by atoms with Gasteiger partial charge < -0.3 is 31.1 Å². The van der Waals surface area contributed by atoms with E-state index in [2.05, 4.69) is 65.4 Å². The van der Waals surface area contributed by atoms with Gasteiger partial charge in [-0.25, -0.2) is 4.98 Å². The number of carbonyl (C=O) groups is 1. The Bertz CT molecular complexity index is 1560. The minimum absolute atomic E-state index is 0.0291. The van der Waals surface area contributed by atoms with Crippen molar-refractivity contribution in [3.63, 3.8) is 0 Å². The van der Waals surface area contributed by atoms with Crippen molar-refractivity contribution in [1.82, 2.24) is 9.97 Å². The predicted octanol–water partition coefficient (Wildman–Crippen LogP) is 8.25. The Balaban J connectivity index is 1.13. The molecular formula is C45H65N3O5. The van der Waals surface area contributed by atoms with Crippen molar-refractivity contribution < 1.29 is 25.2 Å². The van der Waals surface area contributed by atoms with Gasteiger partial charge in [-0.1, -0.05) is 87.9 Å². The molecule has 0 saturated heterocycles. The minimum atomic E-state index is -1.03. The molecule has 8 nitrogen and oxygen atoms in total. The summed E-state index contributed by atoms with van der Waals surface area (Å²) in [5.74, 6) is -0.506. The van der Waals surface area contributed by atoms with E-state index in [4.69, 9.17) is 5.73 Å². The predicted molar refractivity (Wildman–Crippen MR) is 212 cm³/mol. The fourth-order valence-electron chi connectivity index (χ4n) is 9.16. The number of benzene rings is 1. The summed E-state index contributed by atoms with van der Waals surface area (Å²) in [4.78, 5) is 20.1. The number of aliphatic hydroxyl groups excluding tert-OH is 2. The molecule has 1 aromatic carbocycles. The molecule has 0 radical (unpaired) electrons. The first-order valence-corrected chi connectivity index (χ1v) is 20.5. The molecule has 8 atom stereocenters. The lowest BCUT2D eigenvalue weighted by molar-refractivity contribution is -0.146. The molecule has 53 heavy (non-hydrogen) atoms. The van der Waals surface area contributed by atoms with Crippen LogP contribution in [0, 0.1) is 29.6 Å². The van der Waals surface area contributed by atoms with Crippen LogP contribution in [-0.2, 0) is 30.5 Å². The van der Waals surface area contributed by atoms with E-state index < -0.39 is 23.6 Å². The van der Waals surface area contributed by atoms with E-state index in [9.17, 15) is 25.2 Å². The summed E-state index contributed by atoms with van der Waals surface area (Å²) in [6.45, 7) is 2.21. The second-order valence-corrected chi connectivity index (χ2v) is 16.4. The van der Waals surface area contributed by atoms with Crippen LogP contribution in [0.15, 0.2) is 72.9 Å². The summed E-state index contributed by atoms with van der Waals surface area (Å²) >= 11 is 0. The number of hydrogen-bond acceptors (Lipinski definition) is 6. The maximum absolute atomic E-state index is 12.3. The van der Waals surface area contributed by atoms with Gasteiger partial charge in [-0.2, -0.15) is 0 Å². The number of nitrogen functional groups attached to an aromatic ring is 1. The molecule has 0 bridgehead atoms. The molecule has 0 aliphatic heterocycles. The number of aryl methyl sites for hydroxylation is 2. The minimum Gasteiger partial charge on any atom is -0.481 e. The second kappa shape index (κ2) is 20.3. The number of aliphatic carboxylic acids is 1. The fraction of sp³-hybridized carbons (Fsp3) is 0.600. The number of unbranched alkanes of at least 4 members (excludes halogenated alkanes) is 4. The standard InChI is InChI=1S/C45H65N3O5/c1-2-3-6-13-33-16-18-36(42(50)28-33)14-9-5-10-15-40(44(51)52)41(49)22-24-45(53)31-35(26-34-23-25-47-43(46)29-34)27-37(45)30-39-21-20-38(48-39)19-17-32-11-7-4-8-12-32/h4,7-8,11-12,16,18,20-21,23,25,29,33,35-37,40-42,48-50,53H,2-3,5-6,9-10,13-15,17,19,22,24,26-28,30-31H2,1H3,(H2,46,47)(H,51,52). The number of aliphatic hydroxyl groups is 3. The number of nitrogens with one attached hydrogen (secondary N) is 1. The van der Waals surface area contributed by atoms with Gasteiger partial charge in [0, 0.05) is 23.5 Å². The zero-order valence-corrected chi connectivity index (χ0v) is 31.9. The van der Waals surface area contributed by atoms with Crippen molar-refractivity contribution in [3.05, 3.63) is 95.5 Å². The van der Waals surface area contributed by atoms with Gasteiger partial charge in [-0.15, -0.1) is 0 Å². The Morgan fingerprint density at radius 2 is 1.72 bits per heavy atom. The zero-order valence-electron chi connectivity index (χ0n) is 31.9. The van der Waals surface area contributed by atoms with Crippen LogP contribution in [0.1, 0.15) is 119 Å². The largest absolute Gasteiger partial charge is 0.481 e. The number of aromatic nitrogens is 2. The molecule has 2 heterocycles. The van der Waals surface area contributed by atoms with Crippen LogP contribution < -0.4 is 5.73 Å². The molecule has 3 aromatic rings. The topological polar surface area (TPSA) is 153 Å². The number of nitrogens with zero attached hydrogens (tertiary/aromatic N) is 1. The summed E-state index contributed by atoms with van der Waals surface area (Å²) < 4.78 is 0. The number of pyridine rings is 1. The molecule has 2 aliphatic rings. The van der Waals surface area contributed by atoms with Gasteiger partial charge in [0.05, 0.1) is 23.7 Å². The van der Waals surface area contributed by atoms with Crippen LogP contribution >= 0.6 is 0 Å². The number of allylic oxidation sites excluding steroid dienone is 1. The summed E-state index contributed by atoms with van der Waals surface area (Å²) in [7, 11) is 0. The summed E-state index contributed by atoms with van der Waals surface area (Å²) in [6, 6.07) is 18.6. The van der Waals surface area contributed by atoms with Crippen molar-refractivity contribution in [2.75, 3.05) is 5.73 Å². The first-order valence-electron chi connectivity index (χ1n) is 20.5. The van der Waals surface area contributed by atoms with Crippen LogP contribution in [0.5, 0.6) is 0 Å². The number of carboxylic acid groups (broad SMARTS) is 1. The van der Waals surface area contributed by atoms with E-state index in [1.165, 1.54) is 30.5 Å². The van der Waals surface area contributed by atoms with Crippen molar-refractivity contribution >= 4 is 11.8 Å². The second-order valence-electron chi connectivity index (χ2n) is 16.4. The third kappa shape index (κ3) is 12.5. The Kier molecular flexibility index (Phi) is 15.6. The number of anilines is 1. The van der Waals surface area contributed by atoms with Crippen LogP contribution in [0.25, 0.3) is 0 Å². The highest BCUT2D eigenvalue weighted by molar-refractivity contribution is 5.70. The highest BCUT2D eigenvalue weighted by atomic mass is 16.4. The molecule has 0 spiro atoms. The summed E-state index contributed by atoms with van der Waals surface area (Å²) in [5, 5.41) is 44.4. The van der Waals surface area contributed by atoms with Gasteiger partial charge in [0.15, 0.2) is 0 Å². The van der Waals surface area contributed by atoms with E-state index in [0.29, 0.717) is 43.8 Å². The number of hydrogen-bond donors (Lipinski definition) is 6. The highest BCUT2D eigenvalue weighted by Crippen LogP contribution is 2.46. The van der Waals surface area contributed by atoms with Crippen LogP contribution in [0.3, 0.4) is 0 Å². The molecule has 7 N–H and O–H groups in total. The molecule has 8 unspecified atom stereocenters. The first kappa shape index (κ1) is 40.7. The van der Waals surface area contributed by atoms with Gasteiger partial charge in [-0.3, -0.25) is 4.79 Å². The Morgan fingerprint density at radius 3 is 2.47 bits per heavy atom. The average Bonchev–Trinajstić information content (AvgIpc) is 3.72. The molecule has 8 heteroatoms. The number of nitrogens with two attached hydrogens (primary N) is 1. The molecule has 2 aromatic heterocycles. The van der Waals surface area contributed by atoms with Crippen LogP contribution in [-0.4, -0.2) is 54.2 Å². The molecule has 1 fully saturated rings. The van der Waals surface area contributed by atoms with Crippen molar-refractivity contribution in [2.24, 2.45) is 29.6 Å². The highest BCUT2D eigenvalue weighted by Gasteiger charge is 2.46. The number of aromatic amines is 1. The van der Waals surface area contributed by atoms with Crippen molar-refractivity contribution in [1.29, 1.82) is 0 Å². The molecule has 1 saturated carbocycles. The quantitative estimate of drug-likeness (QED) is 0.0450. The normalized spacial score (nSPS) is 25.4. The maximum Gasteiger partial charge on any atom is 0.309 e. The zero-order chi connectivity index (χ0) is 37.6. The van der Waals surface area contributed by atoms with E-state index in [0.717, 1.165) is 69.0 Å². The molecular weight excluding hydrogens is 663 g/mol. The van der Waals surface area contributed by atoms with E-state index in [-0.39, 0.29) is 30.3 Å². The number of carboxylic acids is 1. The van der Waals surface area contributed by atoms with E-state index >= 15 is 0 Å². The SMILES string of the molecule is CCCCCC1C=CC(CCCCCC(C(=O)O)C(O)CCC2(O)CC(Cc3ccnc(N)c3)CC2Cc2ccc(CCc3ccccc3)[nH]2)C(O)C1. The first-order chi connectivity index (χ1) is 25.6. The maximum atomic E-state index is 12.3. The Hall–Kier alpha value is -3.46. The molecule has 5 rings (SSSR count). The molecule has 0 amide bonds. The molecule has 290 valence electrons. The smallest absolute Gasteiger partial charge is 0.309 e. The lowest BCUT2D eigenvalue weighted by Crippen LogP contribution is -2.37. The lowest BCUT2D eigenvalue weighted by atomic mass is 9.80. The van der Waals surface area contributed by atoms with E-state index in [1.807, 2.05) is 18.2 Å². The average molecular weight is 728 g/mol. The van der Waals surface area contributed by atoms with Crippen molar-refractivity contribution in [2.45, 2.75) is 140 Å². The monoisotopic (exact) mass is 727 g/mol. The van der Waals surface area contributed by atoms with Gasteiger partial charge in [0.2, 0.25) is 0 Å². The third-order valence-electron chi connectivity index (χ3n) is 12.2.